The molecule has 3 aromatic rings. The van der Waals surface area contributed by atoms with Gasteiger partial charge >= 0.3 is 0 Å². The smallest absolute Gasteiger partial charge is 0.194 e. The number of benzene rings is 2. The fraction of sp³-hybridized carbons (Fsp3) is 0.118. The fourth-order valence-corrected chi connectivity index (χ4v) is 2.39. The van der Waals surface area contributed by atoms with Crippen LogP contribution in [0.25, 0.3) is 22.6 Å². The maximum atomic E-state index is 13.4. The highest BCUT2D eigenvalue weighted by molar-refractivity contribution is 5.72. The lowest BCUT2D eigenvalue weighted by Gasteiger charge is -2.03. The molecule has 1 N–H and O–H groups in total. The molecule has 6 heteroatoms. The molecule has 0 aliphatic carbocycles. The van der Waals surface area contributed by atoms with Crippen molar-refractivity contribution in [3.8, 4) is 22.6 Å². The van der Waals surface area contributed by atoms with Gasteiger partial charge in [-0.05, 0) is 25.1 Å². The summed E-state index contributed by atoms with van der Waals surface area (Å²) in [6, 6.07) is 8.93. The van der Waals surface area contributed by atoms with Gasteiger partial charge in [0.1, 0.15) is 5.69 Å². The zero-order valence-corrected chi connectivity index (χ0v) is 12.1. The minimum Gasteiger partial charge on any atom is -0.391 e. The molecular formula is C17H12F3NO2. The summed E-state index contributed by atoms with van der Waals surface area (Å²) in [5.74, 6) is -3.91. The van der Waals surface area contributed by atoms with E-state index in [9.17, 15) is 18.3 Å². The summed E-state index contributed by atoms with van der Waals surface area (Å²) in [6.07, 6.45) is 0. The largest absolute Gasteiger partial charge is 0.391 e. The second-order valence-corrected chi connectivity index (χ2v) is 5.12. The standard InChI is InChI=1S/C17H12F3NO2/c1-9-3-2-4-10(5-9)17-12(8-22)16(21-23-17)11-6-13(18)15(20)14(19)7-11/h2-7,22H,8H2,1H3. The lowest BCUT2D eigenvalue weighted by Crippen LogP contribution is -1.94. The molecule has 2 aromatic carbocycles. The molecule has 0 unspecified atom stereocenters. The highest BCUT2D eigenvalue weighted by Crippen LogP contribution is 2.33. The first kappa shape index (κ1) is 15.3. The first-order valence-corrected chi connectivity index (χ1v) is 6.82. The SMILES string of the molecule is Cc1cccc(-c2onc(-c3cc(F)c(F)c(F)c3)c2CO)c1. The molecular weight excluding hydrogens is 307 g/mol. The number of hydrogen-bond acceptors (Lipinski definition) is 3. The molecule has 0 saturated carbocycles. The van der Waals surface area contributed by atoms with Crippen LogP contribution in [0.3, 0.4) is 0 Å². The Kier molecular flexibility index (Phi) is 3.92. The van der Waals surface area contributed by atoms with Crippen LogP contribution in [0.4, 0.5) is 13.2 Å². The van der Waals surface area contributed by atoms with E-state index in [1.165, 1.54) is 0 Å². The van der Waals surface area contributed by atoms with Gasteiger partial charge in [-0.15, -0.1) is 0 Å². The molecule has 0 atom stereocenters. The van der Waals surface area contributed by atoms with Gasteiger partial charge in [-0.2, -0.15) is 0 Å². The Morgan fingerprint density at radius 1 is 1.04 bits per heavy atom. The number of hydrogen-bond donors (Lipinski definition) is 1. The van der Waals surface area contributed by atoms with Gasteiger partial charge < -0.3 is 9.63 Å². The van der Waals surface area contributed by atoms with Gasteiger partial charge in [-0.3, -0.25) is 0 Å². The van der Waals surface area contributed by atoms with Crippen LogP contribution >= 0.6 is 0 Å². The molecule has 0 spiro atoms. The summed E-state index contributed by atoms with van der Waals surface area (Å²) in [4.78, 5) is 0. The van der Waals surface area contributed by atoms with Crippen LogP contribution in [0.2, 0.25) is 0 Å². The van der Waals surface area contributed by atoms with Crippen molar-refractivity contribution in [3.63, 3.8) is 0 Å². The van der Waals surface area contributed by atoms with Gasteiger partial charge in [0, 0.05) is 11.1 Å². The van der Waals surface area contributed by atoms with E-state index in [1.807, 2.05) is 25.1 Å². The first-order chi connectivity index (χ1) is 11.0. The molecule has 23 heavy (non-hydrogen) atoms. The zero-order valence-electron chi connectivity index (χ0n) is 12.1. The Hall–Kier alpha value is -2.60. The topological polar surface area (TPSA) is 46.3 Å². The van der Waals surface area contributed by atoms with Crippen molar-refractivity contribution in [2.45, 2.75) is 13.5 Å². The van der Waals surface area contributed by atoms with Crippen molar-refractivity contribution in [2.24, 2.45) is 0 Å². The van der Waals surface area contributed by atoms with Gasteiger partial charge in [-0.25, -0.2) is 13.2 Å². The predicted molar refractivity (Wildman–Crippen MR) is 77.9 cm³/mol. The third-order valence-corrected chi connectivity index (χ3v) is 3.48. The third-order valence-electron chi connectivity index (χ3n) is 3.48. The Labute approximate surface area is 130 Å². The summed E-state index contributed by atoms with van der Waals surface area (Å²) in [6.45, 7) is 1.45. The van der Waals surface area contributed by atoms with E-state index in [0.717, 1.165) is 17.7 Å². The van der Waals surface area contributed by atoms with Crippen LogP contribution in [0.1, 0.15) is 11.1 Å². The summed E-state index contributed by atoms with van der Waals surface area (Å²) in [5.41, 5.74) is 2.00. The summed E-state index contributed by atoms with van der Waals surface area (Å²) in [7, 11) is 0. The van der Waals surface area contributed by atoms with Crippen molar-refractivity contribution in [1.29, 1.82) is 0 Å². The van der Waals surface area contributed by atoms with Crippen LogP contribution in [0.15, 0.2) is 40.9 Å². The minimum atomic E-state index is -1.55. The number of rotatable bonds is 3. The Morgan fingerprint density at radius 3 is 2.35 bits per heavy atom. The van der Waals surface area contributed by atoms with Gasteiger partial charge in [-0.1, -0.05) is 28.9 Å². The van der Waals surface area contributed by atoms with Crippen LogP contribution in [0.5, 0.6) is 0 Å². The Bertz CT molecular complexity index is 851. The highest BCUT2D eigenvalue weighted by atomic mass is 19.2. The second kappa shape index (κ2) is 5.89. The van der Waals surface area contributed by atoms with Crippen LogP contribution in [-0.2, 0) is 6.61 Å². The van der Waals surface area contributed by atoms with E-state index in [1.54, 1.807) is 6.07 Å². The van der Waals surface area contributed by atoms with E-state index in [-0.39, 0.29) is 16.8 Å². The maximum Gasteiger partial charge on any atom is 0.194 e. The Morgan fingerprint density at radius 2 is 1.74 bits per heavy atom. The average Bonchev–Trinajstić information content (AvgIpc) is 2.96. The maximum absolute atomic E-state index is 13.4. The summed E-state index contributed by atoms with van der Waals surface area (Å²) in [5, 5.41) is 13.4. The molecule has 0 radical (unpaired) electrons. The summed E-state index contributed by atoms with van der Waals surface area (Å²) < 4.78 is 45.1. The minimum absolute atomic E-state index is 0.00639. The molecule has 1 heterocycles. The second-order valence-electron chi connectivity index (χ2n) is 5.12. The van der Waals surface area contributed by atoms with E-state index >= 15 is 0 Å². The predicted octanol–water partition coefficient (Wildman–Crippen LogP) is 4.23. The van der Waals surface area contributed by atoms with Gasteiger partial charge in [0.25, 0.3) is 0 Å². The zero-order chi connectivity index (χ0) is 16.6. The van der Waals surface area contributed by atoms with E-state index < -0.39 is 24.1 Å². The normalized spacial score (nSPS) is 11.0. The molecule has 0 fully saturated rings. The van der Waals surface area contributed by atoms with E-state index in [2.05, 4.69) is 5.16 Å². The number of halogens is 3. The van der Waals surface area contributed by atoms with Crippen LogP contribution in [-0.4, -0.2) is 10.3 Å². The van der Waals surface area contributed by atoms with Gasteiger partial charge in [0.2, 0.25) is 0 Å². The van der Waals surface area contributed by atoms with Crippen molar-refractivity contribution in [3.05, 3.63) is 65.0 Å². The van der Waals surface area contributed by atoms with Crippen LogP contribution in [0, 0.1) is 24.4 Å². The number of aliphatic hydroxyl groups is 1. The molecule has 118 valence electrons. The van der Waals surface area contributed by atoms with E-state index in [4.69, 9.17) is 4.52 Å². The fourth-order valence-electron chi connectivity index (χ4n) is 2.39. The number of aromatic nitrogens is 1. The third kappa shape index (κ3) is 2.73. The molecule has 0 aliphatic rings. The molecule has 0 bridgehead atoms. The van der Waals surface area contributed by atoms with Gasteiger partial charge in [0.05, 0.1) is 12.2 Å². The van der Waals surface area contributed by atoms with Crippen molar-refractivity contribution in [2.75, 3.05) is 0 Å². The Balaban J connectivity index is 2.16. The lowest BCUT2D eigenvalue weighted by atomic mass is 10.0. The summed E-state index contributed by atoms with van der Waals surface area (Å²) >= 11 is 0. The molecule has 0 amide bonds. The number of nitrogens with zero attached hydrogens (tertiary/aromatic N) is 1. The molecule has 0 aliphatic heterocycles. The van der Waals surface area contributed by atoms with E-state index in [0.29, 0.717) is 11.3 Å². The van der Waals surface area contributed by atoms with Gasteiger partial charge in [0.15, 0.2) is 23.2 Å². The van der Waals surface area contributed by atoms with Crippen molar-refractivity contribution >= 4 is 0 Å². The average molecular weight is 319 g/mol. The number of aliphatic hydroxyl groups excluding tert-OH is 1. The van der Waals surface area contributed by atoms with Crippen molar-refractivity contribution < 1.29 is 22.8 Å². The van der Waals surface area contributed by atoms with Crippen molar-refractivity contribution in [1.82, 2.24) is 5.16 Å². The lowest BCUT2D eigenvalue weighted by molar-refractivity contribution is 0.281. The molecule has 1 aromatic heterocycles. The highest BCUT2D eigenvalue weighted by Gasteiger charge is 2.21. The monoisotopic (exact) mass is 319 g/mol. The quantitative estimate of drug-likeness (QED) is 0.735. The molecule has 3 nitrogen and oxygen atoms in total. The van der Waals surface area contributed by atoms with Crippen LogP contribution < -0.4 is 0 Å². The number of aryl methyl sites for hydroxylation is 1. The molecule has 0 saturated heterocycles. The molecule has 3 rings (SSSR count). The first-order valence-electron chi connectivity index (χ1n) is 6.82.